The van der Waals surface area contributed by atoms with Gasteiger partial charge in [0.15, 0.2) is 0 Å². The first-order valence-corrected chi connectivity index (χ1v) is 10.8. The van der Waals surface area contributed by atoms with Gasteiger partial charge < -0.3 is 15.3 Å². The van der Waals surface area contributed by atoms with Crippen LogP contribution in [0.15, 0.2) is 12.2 Å². The Labute approximate surface area is 162 Å². The molecule has 0 bridgehead atoms. The van der Waals surface area contributed by atoms with Gasteiger partial charge in [0.2, 0.25) is 0 Å². The minimum absolute atomic E-state index is 0.0661. The monoisotopic (exact) mass is 384 g/mol. The first-order chi connectivity index (χ1) is 12.9. The molecule has 0 aliphatic heterocycles. The van der Waals surface area contributed by atoms with E-state index in [9.17, 15) is 19.4 Å². The van der Waals surface area contributed by atoms with Crippen LogP contribution in [-0.2, 0) is 4.79 Å². The van der Waals surface area contributed by atoms with Crippen molar-refractivity contribution in [2.45, 2.75) is 102 Å². The van der Waals surface area contributed by atoms with E-state index in [-0.39, 0.29) is 36.2 Å². The van der Waals surface area contributed by atoms with E-state index in [1.54, 1.807) is 0 Å². The van der Waals surface area contributed by atoms with E-state index in [0.717, 1.165) is 44.9 Å². The third-order valence-electron chi connectivity index (χ3n) is 7.03. The summed E-state index contributed by atoms with van der Waals surface area (Å²) in [5.74, 6) is -1.11. The summed E-state index contributed by atoms with van der Waals surface area (Å²) in [6.45, 7) is 2.13. The largest absolute Gasteiger partial charge is 0.481 e. The summed E-state index contributed by atoms with van der Waals surface area (Å²) in [6.07, 6.45) is 11.2. The van der Waals surface area contributed by atoms with Crippen LogP contribution in [0.5, 0.6) is 0 Å². The van der Waals surface area contributed by atoms with Crippen molar-refractivity contribution in [3.05, 3.63) is 12.2 Å². The molecule has 5 unspecified atom stereocenters. The van der Waals surface area contributed by atoms with Gasteiger partial charge in [-0.25, -0.2) is 4.39 Å². The van der Waals surface area contributed by atoms with E-state index in [1.165, 1.54) is 6.42 Å². The highest BCUT2D eigenvalue weighted by atomic mass is 19.1. The zero-order valence-corrected chi connectivity index (χ0v) is 16.7. The number of hydrogen-bond donors (Lipinski definition) is 3. The van der Waals surface area contributed by atoms with Crippen LogP contribution in [0.1, 0.15) is 84.0 Å². The lowest BCUT2D eigenvalue weighted by atomic mass is 9.63. The van der Waals surface area contributed by atoms with Crippen molar-refractivity contribution >= 4 is 5.97 Å². The molecule has 0 aromatic heterocycles. The van der Waals surface area contributed by atoms with E-state index in [0.29, 0.717) is 12.8 Å². The molecule has 2 aliphatic rings. The van der Waals surface area contributed by atoms with Crippen LogP contribution in [0.4, 0.5) is 4.39 Å². The van der Waals surface area contributed by atoms with Crippen molar-refractivity contribution in [2.75, 3.05) is 0 Å². The fourth-order valence-electron chi connectivity index (χ4n) is 4.91. The van der Waals surface area contributed by atoms with E-state index in [2.05, 4.69) is 6.92 Å². The molecule has 0 aromatic carbocycles. The third-order valence-corrected chi connectivity index (χ3v) is 7.03. The van der Waals surface area contributed by atoms with Crippen molar-refractivity contribution in [1.29, 1.82) is 0 Å². The van der Waals surface area contributed by atoms with Crippen molar-refractivity contribution in [2.24, 2.45) is 17.3 Å². The van der Waals surface area contributed by atoms with Gasteiger partial charge in [-0.15, -0.1) is 0 Å². The SMILES string of the molecule is CCC1(C(O)C/C=C/C2C(O)CC(F)C2CCCCCCC(=O)O)CCC1. The van der Waals surface area contributed by atoms with E-state index < -0.39 is 18.2 Å². The number of alkyl halides is 1. The Hall–Kier alpha value is -0.940. The lowest BCUT2D eigenvalue weighted by Crippen LogP contribution is -2.40. The van der Waals surface area contributed by atoms with E-state index >= 15 is 0 Å². The highest BCUT2D eigenvalue weighted by molar-refractivity contribution is 5.66. The van der Waals surface area contributed by atoms with Crippen LogP contribution in [-0.4, -0.2) is 39.7 Å². The minimum Gasteiger partial charge on any atom is -0.481 e. The van der Waals surface area contributed by atoms with Gasteiger partial charge >= 0.3 is 5.97 Å². The molecule has 2 fully saturated rings. The Morgan fingerprint density at radius 3 is 2.56 bits per heavy atom. The Kier molecular flexibility index (Phi) is 8.74. The lowest BCUT2D eigenvalue weighted by Gasteiger charge is -2.45. The Morgan fingerprint density at radius 2 is 1.96 bits per heavy atom. The number of unbranched alkanes of at least 4 members (excludes halogenated alkanes) is 3. The summed E-state index contributed by atoms with van der Waals surface area (Å²) in [7, 11) is 0. The van der Waals surface area contributed by atoms with Gasteiger partial charge in [0.05, 0.1) is 12.2 Å². The Balaban J connectivity index is 1.77. The van der Waals surface area contributed by atoms with Gasteiger partial charge in [-0.2, -0.15) is 0 Å². The number of carbonyl (C=O) groups is 1. The number of aliphatic hydroxyl groups excluding tert-OH is 2. The average Bonchev–Trinajstić information content (AvgIpc) is 2.84. The van der Waals surface area contributed by atoms with Crippen LogP contribution in [0.25, 0.3) is 0 Å². The molecule has 0 saturated heterocycles. The van der Waals surface area contributed by atoms with E-state index in [1.807, 2.05) is 12.2 Å². The topological polar surface area (TPSA) is 77.8 Å². The predicted octanol–water partition coefficient (Wildman–Crippen LogP) is 4.63. The number of rotatable bonds is 12. The van der Waals surface area contributed by atoms with Gasteiger partial charge in [-0.1, -0.05) is 44.8 Å². The van der Waals surface area contributed by atoms with Crippen molar-refractivity contribution < 1.29 is 24.5 Å². The number of carboxylic acid groups (broad SMARTS) is 1. The first kappa shape index (κ1) is 22.4. The van der Waals surface area contributed by atoms with Crippen LogP contribution < -0.4 is 0 Å². The molecule has 4 nitrogen and oxygen atoms in total. The molecule has 2 rings (SSSR count). The summed E-state index contributed by atoms with van der Waals surface area (Å²) >= 11 is 0. The molecule has 0 spiro atoms. The fraction of sp³-hybridized carbons (Fsp3) is 0.864. The summed E-state index contributed by atoms with van der Waals surface area (Å²) in [5.41, 5.74) is 0.0661. The standard InChI is InChI=1S/C22H37FO4/c1-2-22(13-8-14-22)20(25)11-7-10-17-16(18(23)15-19(17)24)9-5-3-4-6-12-21(26)27/h7,10,16-20,24-25H,2-6,8-9,11-15H2,1H3,(H,26,27)/b10-7+. The van der Waals surface area contributed by atoms with Crippen molar-refractivity contribution in [1.82, 2.24) is 0 Å². The zero-order valence-electron chi connectivity index (χ0n) is 16.7. The maximum atomic E-state index is 14.3. The lowest BCUT2D eigenvalue weighted by molar-refractivity contribution is -0.137. The smallest absolute Gasteiger partial charge is 0.303 e. The Morgan fingerprint density at radius 1 is 1.26 bits per heavy atom. The van der Waals surface area contributed by atoms with Gasteiger partial charge in [0, 0.05) is 18.8 Å². The maximum Gasteiger partial charge on any atom is 0.303 e. The molecule has 5 atom stereocenters. The molecule has 0 aromatic rings. The average molecular weight is 385 g/mol. The Bertz CT molecular complexity index is 483. The zero-order chi connectivity index (χ0) is 19.9. The first-order valence-electron chi connectivity index (χ1n) is 10.8. The summed E-state index contributed by atoms with van der Waals surface area (Å²) < 4.78 is 14.3. The maximum absolute atomic E-state index is 14.3. The number of hydrogen-bond acceptors (Lipinski definition) is 3. The molecule has 2 aliphatic carbocycles. The molecule has 0 radical (unpaired) electrons. The van der Waals surface area contributed by atoms with E-state index in [4.69, 9.17) is 5.11 Å². The minimum atomic E-state index is -0.979. The summed E-state index contributed by atoms with van der Waals surface area (Å²) in [4.78, 5) is 10.5. The number of halogens is 1. The van der Waals surface area contributed by atoms with Crippen molar-refractivity contribution in [3.8, 4) is 0 Å². The highest BCUT2D eigenvalue weighted by Gasteiger charge is 2.42. The van der Waals surface area contributed by atoms with Crippen LogP contribution in [0.2, 0.25) is 0 Å². The molecular weight excluding hydrogens is 347 g/mol. The molecule has 156 valence electrons. The normalized spacial score (nSPS) is 31.1. The molecule has 0 amide bonds. The second-order valence-corrected chi connectivity index (χ2v) is 8.66. The third kappa shape index (κ3) is 6.02. The van der Waals surface area contributed by atoms with Gasteiger partial charge in [-0.05, 0) is 49.9 Å². The molecule has 27 heavy (non-hydrogen) atoms. The van der Waals surface area contributed by atoms with Gasteiger partial charge in [0.1, 0.15) is 6.17 Å². The second kappa shape index (κ2) is 10.6. The molecule has 5 heteroatoms. The molecule has 0 heterocycles. The number of carboxylic acids is 1. The van der Waals surface area contributed by atoms with Crippen molar-refractivity contribution in [3.63, 3.8) is 0 Å². The summed E-state index contributed by atoms with van der Waals surface area (Å²) in [5, 5.41) is 29.4. The summed E-state index contributed by atoms with van der Waals surface area (Å²) in [6, 6.07) is 0. The molecular formula is C22H37FO4. The van der Waals surface area contributed by atoms with Gasteiger partial charge in [0.25, 0.3) is 0 Å². The molecule has 2 saturated carbocycles. The van der Waals surface area contributed by atoms with Crippen LogP contribution >= 0.6 is 0 Å². The van der Waals surface area contributed by atoms with Gasteiger partial charge in [-0.3, -0.25) is 4.79 Å². The molecule has 3 N–H and O–H groups in total. The van der Waals surface area contributed by atoms with Crippen LogP contribution in [0.3, 0.4) is 0 Å². The quantitative estimate of drug-likeness (QED) is 0.338. The second-order valence-electron chi connectivity index (χ2n) is 8.66. The highest BCUT2D eigenvalue weighted by Crippen LogP contribution is 2.47. The predicted molar refractivity (Wildman–Crippen MR) is 104 cm³/mol. The number of aliphatic carboxylic acids is 1. The van der Waals surface area contributed by atoms with Crippen LogP contribution in [0, 0.1) is 17.3 Å². The fourth-order valence-corrected chi connectivity index (χ4v) is 4.91. The number of aliphatic hydroxyl groups is 2.